The second-order valence-electron chi connectivity index (χ2n) is 3.54. The van der Waals surface area contributed by atoms with Crippen LogP contribution in [0.3, 0.4) is 0 Å². The number of carbonyl (C=O) groups is 1. The van der Waals surface area contributed by atoms with E-state index >= 15 is 0 Å². The van der Waals surface area contributed by atoms with Gasteiger partial charge in [0.05, 0.1) is 12.7 Å². The highest BCUT2D eigenvalue weighted by Gasteiger charge is 2.05. The summed E-state index contributed by atoms with van der Waals surface area (Å²) in [6.45, 7) is 0. The largest absolute Gasteiger partial charge is 0.465 e. The van der Waals surface area contributed by atoms with E-state index in [0.29, 0.717) is 11.4 Å². The van der Waals surface area contributed by atoms with Gasteiger partial charge < -0.3 is 10.5 Å². The first kappa shape index (κ1) is 12.4. The van der Waals surface area contributed by atoms with E-state index in [0.717, 1.165) is 9.79 Å². The van der Waals surface area contributed by atoms with Crippen LogP contribution in [0.5, 0.6) is 0 Å². The molecule has 0 unspecified atom stereocenters. The van der Waals surface area contributed by atoms with E-state index in [2.05, 4.69) is 9.72 Å². The molecule has 4 nitrogen and oxygen atoms in total. The van der Waals surface area contributed by atoms with E-state index < -0.39 is 0 Å². The number of esters is 1. The van der Waals surface area contributed by atoms with Gasteiger partial charge in [-0.15, -0.1) is 0 Å². The van der Waals surface area contributed by atoms with Crippen LogP contribution in [0, 0.1) is 0 Å². The number of nitrogens with zero attached hydrogens (tertiary/aromatic N) is 1. The van der Waals surface area contributed by atoms with Crippen LogP contribution in [0.2, 0.25) is 0 Å². The molecule has 0 bridgehead atoms. The fourth-order valence-electron chi connectivity index (χ4n) is 1.37. The standard InChI is InChI=1S/C13H12N2O2S/c1-17-13(16)9-2-4-10(5-3-9)18-11-6-7-12(14)15-8-11/h2-8H,1H3,(H2,14,15). The molecule has 0 saturated carbocycles. The maximum absolute atomic E-state index is 11.3. The van der Waals surface area contributed by atoms with Crippen molar-refractivity contribution in [1.29, 1.82) is 0 Å². The van der Waals surface area contributed by atoms with Crippen molar-refractivity contribution in [2.75, 3.05) is 12.8 Å². The highest BCUT2D eigenvalue weighted by Crippen LogP contribution is 2.27. The van der Waals surface area contributed by atoms with Crippen molar-refractivity contribution in [3.05, 3.63) is 48.2 Å². The Morgan fingerprint density at radius 3 is 2.39 bits per heavy atom. The summed E-state index contributed by atoms with van der Waals surface area (Å²) in [5, 5.41) is 0. The number of hydrogen-bond acceptors (Lipinski definition) is 5. The summed E-state index contributed by atoms with van der Waals surface area (Å²) in [5.41, 5.74) is 6.06. The molecule has 0 spiro atoms. The van der Waals surface area contributed by atoms with E-state index in [1.54, 1.807) is 36.2 Å². The van der Waals surface area contributed by atoms with Crippen LogP contribution < -0.4 is 5.73 Å². The molecule has 0 fully saturated rings. The maximum atomic E-state index is 11.3. The van der Waals surface area contributed by atoms with E-state index in [4.69, 9.17) is 5.73 Å². The molecular weight excluding hydrogens is 248 g/mol. The fourth-order valence-corrected chi connectivity index (χ4v) is 2.15. The molecule has 18 heavy (non-hydrogen) atoms. The van der Waals surface area contributed by atoms with Gasteiger partial charge in [0.25, 0.3) is 0 Å². The van der Waals surface area contributed by atoms with Crippen LogP contribution >= 0.6 is 11.8 Å². The van der Waals surface area contributed by atoms with E-state index in [-0.39, 0.29) is 5.97 Å². The second-order valence-corrected chi connectivity index (χ2v) is 4.68. The van der Waals surface area contributed by atoms with Gasteiger partial charge >= 0.3 is 5.97 Å². The van der Waals surface area contributed by atoms with Crippen LogP contribution in [0.25, 0.3) is 0 Å². The molecule has 0 saturated heterocycles. The van der Waals surface area contributed by atoms with Gasteiger partial charge in [-0.05, 0) is 36.4 Å². The number of carbonyl (C=O) groups excluding carboxylic acids is 1. The Morgan fingerprint density at radius 2 is 1.83 bits per heavy atom. The summed E-state index contributed by atoms with van der Waals surface area (Å²) < 4.78 is 4.64. The highest BCUT2D eigenvalue weighted by atomic mass is 32.2. The zero-order chi connectivity index (χ0) is 13.0. The van der Waals surface area contributed by atoms with Crippen LogP contribution in [0.15, 0.2) is 52.4 Å². The van der Waals surface area contributed by atoms with Crippen molar-refractivity contribution in [3.63, 3.8) is 0 Å². The molecule has 1 aromatic carbocycles. The topological polar surface area (TPSA) is 65.2 Å². The summed E-state index contributed by atoms with van der Waals surface area (Å²) in [7, 11) is 1.37. The molecule has 1 aromatic heterocycles. The lowest BCUT2D eigenvalue weighted by atomic mass is 10.2. The normalized spacial score (nSPS) is 10.1. The van der Waals surface area contributed by atoms with Crippen LogP contribution in [-0.2, 0) is 4.74 Å². The summed E-state index contributed by atoms with van der Waals surface area (Å²) in [5.74, 6) is 0.168. The van der Waals surface area contributed by atoms with Crippen molar-refractivity contribution in [3.8, 4) is 0 Å². The smallest absolute Gasteiger partial charge is 0.337 e. The average molecular weight is 260 g/mol. The van der Waals surface area contributed by atoms with Gasteiger partial charge in [-0.3, -0.25) is 0 Å². The number of benzene rings is 1. The second kappa shape index (κ2) is 5.55. The molecular formula is C13H12N2O2S. The third-order valence-corrected chi connectivity index (χ3v) is 3.26. The molecule has 1 heterocycles. The van der Waals surface area contributed by atoms with Gasteiger partial charge in [0, 0.05) is 16.0 Å². The minimum Gasteiger partial charge on any atom is -0.465 e. The predicted molar refractivity (Wildman–Crippen MR) is 70.6 cm³/mol. The Kier molecular flexibility index (Phi) is 3.84. The zero-order valence-electron chi connectivity index (χ0n) is 9.79. The molecule has 2 rings (SSSR count). The molecule has 0 aliphatic heterocycles. The van der Waals surface area contributed by atoms with Crippen molar-refractivity contribution < 1.29 is 9.53 Å². The quantitative estimate of drug-likeness (QED) is 0.859. The Labute approximate surface area is 109 Å². The molecule has 0 atom stereocenters. The third kappa shape index (κ3) is 3.01. The molecule has 0 aliphatic rings. The SMILES string of the molecule is COC(=O)c1ccc(Sc2ccc(N)nc2)cc1. The number of methoxy groups -OCH3 is 1. The molecule has 92 valence electrons. The minimum atomic E-state index is -0.333. The average Bonchev–Trinajstić information content (AvgIpc) is 2.41. The molecule has 5 heteroatoms. The first-order valence-corrected chi connectivity index (χ1v) is 6.08. The van der Waals surface area contributed by atoms with E-state index in [1.807, 2.05) is 18.2 Å². The Hall–Kier alpha value is -2.01. The number of pyridine rings is 1. The van der Waals surface area contributed by atoms with E-state index in [1.165, 1.54) is 7.11 Å². The van der Waals surface area contributed by atoms with Gasteiger partial charge in [-0.2, -0.15) is 0 Å². The number of ether oxygens (including phenoxy) is 1. The number of hydrogen-bond donors (Lipinski definition) is 1. The monoisotopic (exact) mass is 260 g/mol. The maximum Gasteiger partial charge on any atom is 0.337 e. The van der Waals surface area contributed by atoms with E-state index in [9.17, 15) is 4.79 Å². The van der Waals surface area contributed by atoms with Crippen molar-refractivity contribution in [2.24, 2.45) is 0 Å². The number of rotatable bonds is 3. The molecule has 0 radical (unpaired) electrons. The number of nitrogens with two attached hydrogens (primary N) is 1. The minimum absolute atomic E-state index is 0.333. The lowest BCUT2D eigenvalue weighted by Gasteiger charge is -2.03. The van der Waals surface area contributed by atoms with Crippen LogP contribution in [0.1, 0.15) is 10.4 Å². The Balaban J connectivity index is 2.10. The van der Waals surface area contributed by atoms with Crippen molar-refractivity contribution in [2.45, 2.75) is 9.79 Å². The molecule has 0 aliphatic carbocycles. The third-order valence-electron chi connectivity index (χ3n) is 2.27. The summed E-state index contributed by atoms with van der Waals surface area (Å²) in [4.78, 5) is 17.3. The zero-order valence-corrected chi connectivity index (χ0v) is 10.6. The summed E-state index contributed by atoms with van der Waals surface area (Å²) in [6.07, 6.45) is 1.72. The number of nitrogen functional groups attached to an aromatic ring is 1. The summed E-state index contributed by atoms with van der Waals surface area (Å²) >= 11 is 1.55. The van der Waals surface area contributed by atoms with Gasteiger partial charge in [-0.25, -0.2) is 9.78 Å². The number of anilines is 1. The predicted octanol–water partition coefficient (Wildman–Crippen LogP) is 2.60. The Morgan fingerprint density at radius 1 is 1.17 bits per heavy atom. The highest BCUT2D eigenvalue weighted by molar-refractivity contribution is 7.99. The lowest BCUT2D eigenvalue weighted by Crippen LogP contribution is -2.00. The summed E-state index contributed by atoms with van der Waals surface area (Å²) in [6, 6.07) is 10.9. The van der Waals surface area contributed by atoms with Crippen LogP contribution in [0.4, 0.5) is 5.82 Å². The van der Waals surface area contributed by atoms with Crippen molar-refractivity contribution in [1.82, 2.24) is 4.98 Å². The van der Waals surface area contributed by atoms with Gasteiger partial charge in [-0.1, -0.05) is 11.8 Å². The fraction of sp³-hybridized carbons (Fsp3) is 0.0769. The Bertz CT molecular complexity index is 538. The lowest BCUT2D eigenvalue weighted by molar-refractivity contribution is 0.0600. The van der Waals surface area contributed by atoms with Gasteiger partial charge in [0.15, 0.2) is 0 Å². The van der Waals surface area contributed by atoms with Gasteiger partial charge in [0.1, 0.15) is 5.82 Å². The van der Waals surface area contributed by atoms with Gasteiger partial charge in [0.2, 0.25) is 0 Å². The van der Waals surface area contributed by atoms with Crippen molar-refractivity contribution >= 4 is 23.5 Å². The van der Waals surface area contributed by atoms with Crippen LogP contribution in [-0.4, -0.2) is 18.1 Å². The first-order chi connectivity index (χ1) is 8.69. The molecule has 0 amide bonds. The first-order valence-electron chi connectivity index (χ1n) is 5.27. The molecule has 2 N–H and O–H groups in total. The number of aromatic nitrogens is 1. The molecule has 2 aromatic rings.